The number of fused-ring (bicyclic) bond motifs is 1. The van der Waals surface area contributed by atoms with Gasteiger partial charge in [0.15, 0.2) is 0 Å². The molecule has 1 fully saturated rings. The molecule has 3 rings (SSSR count). The molecule has 0 radical (unpaired) electrons. The highest BCUT2D eigenvalue weighted by atomic mass is 16.6. The molecular formula is C26H39N3O6. The second-order valence-electron chi connectivity index (χ2n) is 9.99. The zero-order valence-corrected chi connectivity index (χ0v) is 21.7. The summed E-state index contributed by atoms with van der Waals surface area (Å²) in [5.41, 5.74) is 3.07. The van der Waals surface area contributed by atoms with Crippen molar-refractivity contribution in [3.8, 4) is 0 Å². The van der Waals surface area contributed by atoms with Crippen LogP contribution >= 0.6 is 0 Å². The Morgan fingerprint density at radius 1 is 1.26 bits per heavy atom. The number of aliphatic hydroxyl groups excluding tert-OH is 1. The molecule has 2 aliphatic heterocycles. The van der Waals surface area contributed by atoms with E-state index in [-0.39, 0.29) is 30.1 Å². The predicted molar refractivity (Wildman–Crippen MR) is 136 cm³/mol. The second kappa shape index (κ2) is 11.4. The number of ether oxygens (including phenoxy) is 3. The van der Waals surface area contributed by atoms with Gasteiger partial charge in [0.2, 0.25) is 0 Å². The fraction of sp³-hybridized carbons (Fsp3) is 0.654. The highest BCUT2D eigenvalue weighted by Crippen LogP contribution is 2.39. The van der Waals surface area contributed by atoms with Crippen LogP contribution in [0, 0.1) is 5.41 Å². The van der Waals surface area contributed by atoms with Crippen molar-refractivity contribution in [2.45, 2.75) is 65.5 Å². The van der Waals surface area contributed by atoms with Gasteiger partial charge in [0.05, 0.1) is 57.0 Å². The zero-order valence-electron chi connectivity index (χ0n) is 21.7. The van der Waals surface area contributed by atoms with Gasteiger partial charge in [-0.2, -0.15) is 0 Å². The van der Waals surface area contributed by atoms with Gasteiger partial charge in [-0.15, -0.1) is 0 Å². The number of aliphatic hydroxyl groups is 1. The van der Waals surface area contributed by atoms with Gasteiger partial charge in [0.1, 0.15) is 0 Å². The third-order valence-electron chi connectivity index (χ3n) is 6.69. The molecule has 2 unspecified atom stereocenters. The van der Waals surface area contributed by atoms with Crippen molar-refractivity contribution in [2.75, 3.05) is 49.8 Å². The lowest BCUT2D eigenvalue weighted by Gasteiger charge is -2.40. The number of carbonyl (C=O) groups excluding carboxylic acids is 2. The maximum Gasteiger partial charge on any atom is 0.414 e. The summed E-state index contributed by atoms with van der Waals surface area (Å²) in [6.45, 7) is 11.7. The summed E-state index contributed by atoms with van der Waals surface area (Å²) in [4.78, 5) is 33.5. The maximum atomic E-state index is 12.9. The molecule has 35 heavy (non-hydrogen) atoms. The second-order valence-corrected chi connectivity index (χ2v) is 9.99. The fourth-order valence-electron chi connectivity index (χ4n) is 4.69. The summed E-state index contributed by atoms with van der Waals surface area (Å²) in [7, 11) is 1.35. The van der Waals surface area contributed by atoms with Crippen LogP contribution in [0.15, 0.2) is 23.2 Å². The van der Waals surface area contributed by atoms with Crippen molar-refractivity contribution in [1.29, 1.82) is 0 Å². The van der Waals surface area contributed by atoms with Crippen LogP contribution in [0.5, 0.6) is 0 Å². The first-order valence-electron chi connectivity index (χ1n) is 12.3. The molecule has 1 N–H and O–H groups in total. The van der Waals surface area contributed by atoms with Crippen LogP contribution in [0.25, 0.3) is 0 Å². The number of methoxy groups -OCH3 is 1. The lowest BCUT2D eigenvalue weighted by atomic mass is 9.82. The van der Waals surface area contributed by atoms with E-state index in [1.807, 2.05) is 45.9 Å². The standard InChI is InChI=1S/C26H39N3O6/c1-7-20(12-27-18(4)11-26(14-30)15-34-16-26)21-8-9-22-23(10-21)28(24(31)35-17(2)3)13-19(5)29(22)25(32)33-6/h8-10,17,19-20,30H,7,11-16H2,1-6H3. The highest BCUT2D eigenvalue weighted by molar-refractivity contribution is 6.01. The Balaban J connectivity index is 1.89. The van der Waals surface area contributed by atoms with Gasteiger partial charge in [-0.05, 0) is 58.2 Å². The monoisotopic (exact) mass is 489 g/mol. The van der Waals surface area contributed by atoms with Crippen molar-refractivity contribution >= 4 is 29.3 Å². The Bertz CT molecular complexity index is 938. The minimum Gasteiger partial charge on any atom is -0.452 e. The van der Waals surface area contributed by atoms with E-state index < -0.39 is 12.2 Å². The van der Waals surface area contributed by atoms with Crippen molar-refractivity contribution in [3.63, 3.8) is 0 Å². The van der Waals surface area contributed by atoms with Crippen LogP contribution in [0.1, 0.15) is 58.9 Å². The molecule has 2 heterocycles. The number of hydrogen-bond acceptors (Lipinski definition) is 7. The Labute approximate surface area is 208 Å². The van der Waals surface area contributed by atoms with Gasteiger partial charge in [0, 0.05) is 23.6 Å². The molecule has 0 aliphatic carbocycles. The number of anilines is 2. The molecule has 1 aromatic rings. The minimum atomic E-state index is -0.464. The molecule has 1 saturated heterocycles. The van der Waals surface area contributed by atoms with Crippen molar-refractivity contribution in [3.05, 3.63) is 23.8 Å². The fourth-order valence-corrected chi connectivity index (χ4v) is 4.69. The number of benzene rings is 1. The van der Waals surface area contributed by atoms with Crippen molar-refractivity contribution in [2.24, 2.45) is 10.4 Å². The van der Waals surface area contributed by atoms with E-state index in [2.05, 4.69) is 6.92 Å². The molecule has 0 bridgehead atoms. The number of carbonyl (C=O) groups is 2. The van der Waals surface area contributed by atoms with E-state index in [9.17, 15) is 14.7 Å². The van der Waals surface area contributed by atoms with E-state index >= 15 is 0 Å². The van der Waals surface area contributed by atoms with Crippen LogP contribution in [0.4, 0.5) is 21.0 Å². The van der Waals surface area contributed by atoms with Crippen LogP contribution in [-0.2, 0) is 14.2 Å². The van der Waals surface area contributed by atoms with Crippen molar-refractivity contribution in [1.82, 2.24) is 0 Å². The molecule has 2 aliphatic rings. The molecule has 2 atom stereocenters. The van der Waals surface area contributed by atoms with Crippen LogP contribution in [0.2, 0.25) is 0 Å². The minimum absolute atomic E-state index is 0.0965. The Kier molecular flexibility index (Phi) is 8.77. The molecule has 0 saturated carbocycles. The Morgan fingerprint density at radius 3 is 2.51 bits per heavy atom. The molecule has 0 spiro atoms. The topological polar surface area (TPSA) is 101 Å². The summed E-state index contributed by atoms with van der Waals surface area (Å²) < 4.78 is 15.8. The lowest BCUT2D eigenvalue weighted by Crippen LogP contribution is -2.52. The van der Waals surface area contributed by atoms with E-state index in [1.165, 1.54) is 7.11 Å². The molecule has 1 aromatic carbocycles. The number of amides is 2. The quantitative estimate of drug-likeness (QED) is 0.545. The average molecular weight is 490 g/mol. The van der Waals surface area contributed by atoms with E-state index in [1.54, 1.807) is 9.80 Å². The number of rotatable bonds is 8. The third kappa shape index (κ3) is 5.95. The van der Waals surface area contributed by atoms with Gasteiger partial charge in [-0.3, -0.25) is 14.8 Å². The largest absolute Gasteiger partial charge is 0.452 e. The first-order chi connectivity index (χ1) is 16.6. The van der Waals surface area contributed by atoms with E-state index in [4.69, 9.17) is 19.2 Å². The SMILES string of the molecule is CCC(CN=C(C)CC1(CO)COC1)c1ccc2c(c1)N(C(=O)OC(C)C)CC(C)N2C(=O)OC. The summed E-state index contributed by atoms with van der Waals surface area (Å²) in [5.74, 6) is 0.131. The molecule has 9 nitrogen and oxygen atoms in total. The smallest absolute Gasteiger partial charge is 0.414 e. The van der Waals surface area contributed by atoms with Crippen LogP contribution in [-0.4, -0.2) is 75.2 Å². The summed E-state index contributed by atoms with van der Waals surface area (Å²) in [6.07, 6.45) is 0.414. The van der Waals surface area contributed by atoms with Gasteiger partial charge in [-0.1, -0.05) is 13.0 Å². The van der Waals surface area contributed by atoms with Crippen LogP contribution < -0.4 is 9.80 Å². The van der Waals surface area contributed by atoms with Crippen molar-refractivity contribution < 1.29 is 28.9 Å². The molecule has 9 heteroatoms. The number of aliphatic imine (C=N–C) groups is 1. The zero-order chi connectivity index (χ0) is 25.8. The molecular weight excluding hydrogens is 450 g/mol. The van der Waals surface area contributed by atoms with Gasteiger partial charge >= 0.3 is 12.2 Å². The molecule has 194 valence electrons. The predicted octanol–water partition coefficient (Wildman–Crippen LogP) is 4.37. The summed E-state index contributed by atoms with van der Waals surface area (Å²) >= 11 is 0. The van der Waals surface area contributed by atoms with E-state index in [0.29, 0.717) is 44.1 Å². The lowest BCUT2D eigenvalue weighted by molar-refractivity contribution is -0.132. The number of hydrogen-bond donors (Lipinski definition) is 1. The molecule has 0 aromatic heterocycles. The summed E-state index contributed by atoms with van der Waals surface area (Å²) in [5, 5.41) is 9.71. The summed E-state index contributed by atoms with van der Waals surface area (Å²) in [6, 6.07) is 5.56. The Hall–Kier alpha value is -2.65. The normalized spacial score (nSPS) is 20.2. The first kappa shape index (κ1) is 26.9. The van der Waals surface area contributed by atoms with Gasteiger partial charge in [-0.25, -0.2) is 9.59 Å². The number of nitrogens with zero attached hydrogens (tertiary/aromatic N) is 3. The first-order valence-corrected chi connectivity index (χ1v) is 12.3. The molecule has 2 amide bonds. The van der Waals surface area contributed by atoms with Gasteiger partial charge < -0.3 is 19.3 Å². The van der Waals surface area contributed by atoms with Gasteiger partial charge in [0.25, 0.3) is 0 Å². The van der Waals surface area contributed by atoms with Crippen LogP contribution in [0.3, 0.4) is 0 Å². The average Bonchev–Trinajstić information content (AvgIpc) is 2.80. The highest BCUT2D eigenvalue weighted by Gasteiger charge is 2.39. The Morgan fingerprint density at radius 2 is 1.97 bits per heavy atom. The maximum absolute atomic E-state index is 12.9. The third-order valence-corrected chi connectivity index (χ3v) is 6.69. The van der Waals surface area contributed by atoms with E-state index in [0.717, 1.165) is 17.7 Å².